The van der Waals surface area contributed by atoms with Crippen LogP contribution in [0.4, 0.5) is 4.39 Å². The Hall–Kier alpha value is -1.22. The van der Waals surface area contributed by atoms with E-state index in [0.717, 1.165) is 22.1 Å². The van der Waals surface area contributed by atoms with E-state index in [4.69, 9.17) is 0 Å². The largest absolute Gasteiger partial charge is 0.298 e. The van der Waals surface area contributed by atoms with Crippen LogP contribution in [0.5, 0.6) is 0 Å². The zero-order chi connectivity index (χ0) is 10.1. The fraction of sp³-hybridized carbons (Fsp3) is 0.182. The standard InChI is InChI=1S/C11H9FOS/c1-2-7-5-10(12)9(6-13)8-3-4-14-11(7)8/h3-6H,2H2,1H3. The maximum atomic E-state index is 13.4. The van der Waals surface area contributed by atoms with Crippen LogP contribution < -0.4 is 0 Å². The van der Waals surface area contributed by atoms with Crippen molar-refractivity contribution < 1.29 is 9.18 Å². The minimum Gasteiger partial charge on any atom is -0.298 e. The molecule has 1 heterocycles. The second-order valence-corrected chi connectivity index (χ2v) is 3.98. The van der Waals surface area contributed by atoms with Crippen molar-refractivity contribution in [2.24, 2.45) is 0 Å². The molecule has 0 aliphatic rings. The lowest BCUT2D eigenvalue weighted by Gasteiger charge is -2.02. The number of thiophene rings is 1. The van der Waals surface area contributed by atoms with Gasteiger partial charge in [0.15, 0.2) is 6.29 Å². The summed E-state index contributed by atoms with van der Waals surface area (Å²) in [6.07, 6.45) is 1.37. The van der Waals surface area contributed by atoms with Crippen molar-refractivity contribution in [3.63, 3.8) is 0 Å². The van der Waals surface area contributed by atoms with Gasteiger partial charge in [-0.15, -0.1) is 11.3 Å². The Balaban J connectivity index is 2.88. The van der Waals surface area contributed by atoms with Gasteiger partial charge in [0.25, 0.3) is 0 Å². The van der Waals surface area contributed by atoms with E-state index in [1.807, 2.05) is 12.3 Å². The zero-order valence-electron chi connectivity index (χ0n) is 7.71. The number of halogens is 1. The first-order valence-corrected chi connectivity index (χ1v) is 5.29. The molecule has 14 heavy (non-hydrogen) atoms. The van der Waals surface area contributed by atoms with Gasteiger partial charge in [-0.2, -0.15) is 0 Å². The van der Waals surface area contributed by atoms with Gasteiger partial charge in [-0.25, -0.2) is 4.39 Å². The zero-order valence-corrected chi connectivity index (χ0v) is 8.53. The first-order chi connectivity index (χ1) is 6.77. The normalized spacial score (nSPS) is 10.7. The second-order valence-electron chi connectivity index (χ2n) is 3.07. The average Bonchev–Trinajstić information content (AvgIpc) is 2.65. The predicted molar refractivity (Wildman–Crippen MR) is 56.5 cm³/mol. The minimum absolute atomic E-state index is 0.179. The molecule has 1 aromatic heterocycles. The number of benzene rings is 1. The second kappa shape index (κ2) is 3.50. The van der Waals surface area contributed by atoms with Gasteiger partial charge in [0.2, 0.25) is 0 Å². The topological polar surface area (TPSA) is 17.1 Å². The van der Waals surface area contributed by atoms with Crippen LogP contribution in [0.2, 0.25) is 0 Å². The first-order valence-electron chi connectivity index (χ1n) is 4.41. The van der Waals surface area contributed by atoms with E-state index in [-0.39, 0.29) is 5.56 Å². The molecular weight excluding hydrogens is 199 g/mol. The molecular formula is C11H9FOS. The Morgan fingerprint density at radius 1 is 1.57 bits per heavy atom. The molecule has 0 bridgehead atoms. The highest BCUT2D eigenvalue weighted by molar-refractivity contribution is 7.17. The van der Waals surface area contributed by atoms with Crippen molar-refractivity contribution in [2.45, 2.75) is 13.3 Å². The van der Waals surface area contributed by atoms with Crippen LogP contribution in [0.15, 0.2) is 17.5 Å². The van der Waals surface area contributed by atoms with E-state index in [9.17, 15) is 9.18 Å². The van der Waals surface area contributed by atoms with Gasteiger partial charge in [0, 0.05) is 10.1 Å². The summed E-state index contributed by atoms with van der Waals surface area (Å²) in [5.74, 6) is -0.414. The molecule has 0 saturated heterocycles. The maximum absolute atomic E-state index is 13.4. The monoisotopic (exact) mass is 208 g/mol. The number of carbonyl (C=O) groups excluding carboxylic acids is 1. The molecule has 2 rings (SSSR count). The molecule has 0 fully saturated rings. The number of aryl methyl sites for hydroxylation is 1. The Morgan fingerprint density at radius 3 is 3.00 bits per heavy atom. The van der Waals surface area contributed by atoms with Crippen molar-refractivity contribution in [1.82, 2.24) is 0 Å². The number of carbonyl (C=O) groups is 1. The average molecular weight is 208 g/mol. The van der Waals surface area contributed by atoms with E-state index in [1.54, 1.807) is 17.4 Å². The smallest absolute Gasteiger partial charge is 0.153 e. The molecule has 0 radical (unpaired) electrons. The molecule has 0 aliphatic carbocycles. The summed E-state index contributed by atoms with van der Waals surface area (Å²) in [5.41, 5.74) is 1.15. The summed E-state index contributed by atoms with van der Waals surface area (Å²) in [6, 6.07) is 3.26. The molecule has 0 amide bonds. The fourth-order valence-corrected chi connectivity index (χ4v) is 2.58. The van der Waals surface area contributed by atoms with Gasteiger partial charge in [0.05, 0.1) is 5.56 Å². The highest BCUT2D eigenvalue weighted by Gasteiger charge is 2.11. The van der Waals surface area contributed by atoms with E-state index >= 15 is 0 Å². The van der Waals surface area contributed by atoms with Crippen LogP contribution in [-0.2, 0) is 6.42 Å². The Kier molecular flexibility index (Phi) is 2.33. The van der Waals surface area contributed by atoms with E-state index in [2.05, 4.69) is 0 Å². The molecule has 0 atom stereocenters. The Bertz CT molecular complexity index is 487. The molecule has 3 heteroatoms. The lowest BCUT2D eigenvalue weighted by atomic mass is 10.1. The van der Waals surface area contributed by atoms with Crippen molar-refractivity contribution >= 4 is 27.7 Å². The first kappa shape index (κ1) is 9.34. The third-order valence-electron chi connectivity index (χ3n) is 2.30. The van der Waals surface area contributed by atoms with Crippen LogP contribution in [0.1, 0.15) is 22.8 Å². The van der Waals surface area contributed by atoms with E-state index < -0.39 is 5.82 Å². The number of hydrogen-bond acceptors (Lipinski definition) is 2. The van der Waals surface area contributed by atoms with Gasteiger partial charge >= 0.3 is 0 Å². The van der Waals surface area contributed by atoms with Gasteiger partial charge in [-0.3, -0.25) is 4.79 Å². The molecule has 0 N–H and O–H groups in total. The molecule has 0 spiro atoms. The van der Waals surface area contributed by atoms with Gasteiger partial charge in [0.1, 0.15) is 5.82 Å². The quantitative estimate of drug-likeness (QED) is 0.691. The van der Waals surface area contributed by atoms with Crippen molar-refractivity contribution in [3.05, 3.63) is 34.5 Å². The predicted octanol–water partition coefficient (Wildman–Crippen LogP) is 3.42. The molecule has 1 aromatic carbocycles. The summed E-state index contributed by atoms with van der Waals surface area (Å²) < 4.78 is 14.4. The summed E-state index contributed by atoms with van der Waals surface area (Å²) in [5, 5.41) is 2.62. The summed E-state index contributed by atoms with van der Waals surface area (Å²) in [6.45, 7) is 1.98. The highest BCUT2D eigenvalue weighted by atomic mass is 32.1. The highest BCUT2D eigenvalue weighted by Crippen LogP contribution is 2.29. The molecule has 1 nitrogen and oxygen atoms in total. The van der Waals surface area contributed by atoms with Gasteiger partial charge < -0.3 is 0 Å². The summed E-state index contributed by atoms with van der Waals surface area (Å²) in [7, 11) is 0. The summed E-state index contributed by atoms with van der Waals surface area (Å²) >= 11 is 1.55. The molecule has 2 aromatic rings. The third kappa shape index (κ3) is 1.24. The third-order valence-corrected chi connectivity index (χ3v) is 3.29. The van der Waals surface area contributed by atoms with Crippen molar-refractivity contribution in [3.8, 4) is 0 Å². The fourth-order valence-electron chi connectivity index (χ4n) is 1.58. The minimum atomic E-state index is -0.414. The van der Waals surface area contributed by atoms with Crippen LogP contribution in [0, 0.1) is 5.82 Å². The summed E-state index contributed by atoms with van der Waals surface area (Å²) in [4.78, 5) is 10.7. The lowest BCUT2D eigenvalue weighted by molar-refractivity contribution is 0.112. The van der Waals surface area contributed by atoms with Gasteiger partial charge in [-0.1, -0.05) is 6.92 Å². The number of hydrogen-bond donors (Lipinski definition) is 0. The maximum Gasteiger partial charge on any atom is 0.153 e. The van der Waals surface area contributed by atoms with Crippen LogP contribution in [0.25, 0.3) is 10.1 Å². The van der Waals surface area contributed by atoms with E-state index in [1.165, 1.54) is 6.07 Å². The number of fused-ring (bicyclic) bond motifs is 1. The molecule has 0 saturated carbocycles. The number of rotatable bonds is 2. The van der Waals surface area contributed by atoms with Crippen molar-refractivity contribution in [1.29, 1.82) is 0 Å². The molecule has 0 unspecified atom stereocenters. The molecule has 0 aliphatic heterocycles. The Morgan fingerprint density at radius 2 is 2.36 bits per heavy atom. The van der Waals surface area contributed by atoms with E-state index in [0.29, 0.717) is 6.29 Å². The Labute approximate surface area is 85.2 Å². The number of aldehydes is 1. The van der Waals surface area contributed by atoms with Crippen LogP contribution in [0.3, 0.4) is 0 Å². The van der Waals surface area contributed by atoms with Crippen LogP contribution >= 0.6 is 11.3 Å². The lowest BCUT2D eigenvalue weighted by Crippen LogP contribution is -1.91. The van der Waals surface area contributed by atoms with Gasteiger partial charge in [-0.05, 0) is 29.5 Å². The van der Waals surface area contributed by atoms with Crippen LogP contribution in [-0.4, -0.2) is 6.29 Å². The van der Waals surface area contributed by atoms with Crippen molar-refractivity contribution in [2.75, 3.05) is 0 Å². The molecule has 72 valence electrons. The SMILES string of the molecule is CCc1cc(F)c(C=O)c2ccsc12.